The number of hydrogen-bond acceptors (Lipinski definition) is 13. The first-order chi connectivity index (χ1) is 22.0. The Bertz CT molecular complexity index is 1250. The highest BCUT2D eigenvalue weighted by molar-refractivity contribution is 6.67. The van der Waals surface area contributed by atoms with E-state index in [0.717, 1.165) is 20.8 Å². The summed E-state index contributed by atoms with van der Waals surface area (Å²) in [7, 11) is 0. The Hall–Kier alpha value is -3.34. The smallest absolute Gasteiger partial charge is 0.408 e. The molecule has 0 bridgehead atoms. The third kappa shape index (κ3) is 12.0. The fraction of sp³-hybridized carbons (Fsp3) is 0.552. The zero-order valence-corrected chi connectivity index (χ0v) is 28.1. The predicted molar refractivity (Wildman–Crippen MR) is 165 cm³/mol. The van der Waals surface area contributed by atoms with Crippen LogP contribution in [0.1, 0.15) is 39.2 Å². The van der Waals surface area contributed by atoms with Crippen molar-refractivity contribution < 1.29 is 62.2 Å². The number of alkyl halides is 3. The van der Waals surface area contributed by atoms with Crippen LogP contribution in [0.2, 0.25) is 0 Å². The van der Waals surface area contributed by atoms with E-state index in [1.165, 1.54) is 6.08 Å². The van der Waals surface area contributed by atoms with Crippen LogP contribution in [0.15, 0.2) is 43.0 Å². The van der Waals surface area contributed by atoms with Crippen LogP contribution in [0.25, 0.3) is 0 Å². The van der Waals surface area contributed by atoms with Gasteiger partial charge in [-0.1, -0.05) is 77.8 Å². The average molecular weight is 728 g/mol. The lowest BCUT2D eigenvalue weighted by atomic mass is 9.75. The zero-order chi connectivity index (χ0) is 35.3. The van der Waals surface area contributed by atoms with Crippen LogP contribution in [-0.4, -0.2) is 95.2 Å². The Kier molecular flexibility index (Phi) is 15.5. The number of hydrogen-bond donors (Lipinski definition) is 3. The molecule has 0 unspecified atom stereocenters. The van der Waals surface area contributed by atoms with Crippen molar-refractivity contribution in [2.75, 3.05) is 26.4 Å². The summed E-state index contributed by atoms with van der Waals surface area (Å²) in [6.07, 6.45) is -6.75. The van der Waals surface area contributed by atoms with Crippen molar-refractivity contribution in [3.05, 3.63) is 48.6 Å². The molecule has 1 aromatic carbocycles. The van der Waals surface area contributed by atoms with Gasteiger partial charge in [0.2, 0.25) is 3.79 Å². The van der Waals surface area contributed by atoms with Gasteiger partial charge in [0.05, 0.1) is 6.61 Å². The molecule has 5 atom stereocenters. The average Bonchev–Trinajstić information content (AvgIpc) is 2.98. The molecule has 18 heteroatoms. The number of halogens is 3. The molecule has 0 spiro atoms. The Balaban J connectivity index is 2.76. The van der Waals surface area contributed by atoms with E-state index in [1.54, 1.807) is 30.3 Å². The molecule has 0 saturated carbocycles. The fourth-order valence-corrected chi connectivity index (χ4v) is 4.83. The van der Waals surface area contributed by atoms with Crippen LogP contribution in [0.3, 0.4) is 0 Å². The zero-order valence-electron chi connectivity index (χ0n) is 25.8. The number of rotatable bonds is 15. The van der Waals surface area contributed by atoms with Crippen molar-refractivity contribution in [1.82, 2.24) is 10.6 Å². The van der Waals surface area contributed by atoms with E-state index in [4.69, 9.17) is 68.0 Å². The minimum Gasteiger partial charge on any atom is -0.463 e. The molecule has 0 radical (unpaired) electrons. The lowest BCUT2D eigenvalue weighted by Gasteiger charge is -2.57. The molecule has 47 heavy (non-hydrogen) atoms. The first-order valence-corrected chi connectivity index (χ1v) is 15.2. The van der Waals surface area contributed by atoms with E-state index in [-0.39, 0.29) is 26.2 Å². The number of alkyl carbamates (subject to hydrolysis) is 2. The summed E-state index contributed by atoms with van der Waals surface area (Å²) in [6, 6.07) is 8.45. The van der Waals surface area contributed by atoms with Gasteiger partial charge in [0.25, 0.3) is 5.79 Å². The van der Waals surface area contributed by atoms with Gasteiger partial charge in [0, 0.05) is 27.3 Å². The third-order valence-corrected chi connectivity index (χ3v) is 6.76. The fourth-order valence-electron chi connectivity index (χ4n) is 4.67. The lowest BCUT2D eigenvalue weighted by molar-refractivity contribution is -0.397. The van der Waals surface area contributed by atoms with Crippen LogP contribution in [0.4, 0.5) is 9.59 Å². The first kappa shape index (κ1) is 39.8. The minimum atomic E-state index is -2.63. The summed E-state index contributed by atoms with van der Waals surface area (Å²) in [4.78, 5) is 62.5. The number of ether oxygens (including phenoxy) is 7. The number of aliphatic hydroxyl groups is 1. The molecule has 3 N–H and O–H groups in total. The highest BCUT2D eigenvalue weighted by Gasteiger charge is 2.72. The van der Waals surface area contributed by atoms with Gasteiger partial charge in [-0.3, -0.25) is 14.4 Å². The van der Waals surface area contributed by atoms with Crippen molar-refractivity contribution in [2.24, 2.45) is 0 Å². The van der Waals surface area contributed by atoms with E-state index in [9.17, 15) is 29.1 Å². The van der Waals surface area contributed by atoms with E-state index in [0.29, 0.717) is 5.56 Å². The minimum absolute atomic E-state index is 0.0738. The molecule has 0 aromatic heterocycles. The first-order valence-electron chi connectivity index (χ1n) is 14.1. The summed E-state index contributed by atoms with van der Waals surface area (Å²) >= 11 is 17.3. The number of aliphatic hydroxyl groups excluding tert-OH is 1. The van der Waals surface area contributed by atoms with E-state index in [1.807, 2.05) is 0 Å². The molecule has 2 rings (SSSR count). The van der Waals surface area contributed by atoms with Crippen molar-refractivity contribution >= 4 is 64.9 Å². The summed E-state index contributed by atoms with van der Waals surface area (Å²) in [5.74, 6) is -5.33. The van der Waals surface area contributed by atoms with Crippen LogP contribution < -0.4 is 10.6 Å². The quantitative estimate of drug-likeness (QED) is 0.0596. The van der Waals surface area contributed by atoms with E-state index in [2.05, 4.69) is 17.2 Å². The Labute approximate surface area is 286 Å². The largest absolute Gasteiger partial charge is 0.463 e. The molecule has 262 valence electrons. The normalized spacial score (nSPS) is 23.9. The maximum absolute atomic E-state index is 13.3. The van der Waals surface area contributed by atoms with Crippen molar-refractivity contribution in [1.29, 1.82) is 0 Å². The summed E-state index contributed by atoms with van der Waals surface area (Å²) in [6.45, 7) is 4.67. The number of benzene rings is 1. The molecule has 15 nitrogen and oxygen atoms in total. The predicted octanol–water partition coefficient (Wildman–Crippen LogP) is 3.20. The molecular formula is C29H37Cl3N2O13. The van der Waals surface area contributed by atoms with Crippen LogP contribution >= 0.6 is 34.8 Å². The second-order valence-corrected chi connectivity index (χ2v) is 12.6. The van der Waals surface area contributed by atoms with Crippen LogP contribution in [-0.2, 0) is 54.1 Å². The van der Waals surface area contributed by atoms with Gasteiger partial charge in [0.1, 0.15) is 25.9 Å². The Morgan fingerprint density at radius 2 is 1.68 bits per heavy atom. The molecule has 1 fully saturated rings. The van der Waals surface area contributed by atoms with Gasteiger partial charge in [0.15, 0.2) is 17.9 Å². The van der Waals surface area contributed by atoms with Gasteiger partial charge in [-0.15, -0.1) is 0 Å². The van der Waals surface area contributed by atoms with Gasteiger partial charge < -0.3 is 48.9 Å². The molecule has 1 saturated heterocycles. The second-order valence-electron chi connectivity index (χ2n) is 10.1. The van der Waals surface area contributed by atoms with E-state index >= 15 is 0 Å². The topological polar surface area (TPSA) is 194 Å². The van der Waals surface area contributed by atoms with Crippen LogP contribution in [0.5, 0.6) is 0 Å². The summed E-state index contributed by atoms with van der Waals surface area (Å²) < 4.78 is 36.5. The van der Waals surface area contributed by atoms with Gasteiger partial charge >= 0.3 is 30.1 Å². The number of carbonyl (C=O) groups is 5. The highest BCUT2D eigenvalue weighted by atomic mass is 35.6. The van der Waals surface area contributed by atoms with E-state index < -0.39 is 83.3 Å². The van der Waals surface area contributed by atoms with Crippen molar-refractivity contribution in [3.8, 4) is 0 Å². The monoisotopic (exact) mass is 726 g/mol. The number of esters is 3. The molecule has 1 aliphatic rings. The van der Waals surface area contributed by atoms with Crippen LogP contribution in [0, 0.1) is 0 Å². The standard InChI is InChI=1S/C29H37Cl3N2O13/c1-5-14-41-25(39)33-13-9-12-27(34-26(40)43-17-28(30,31)32)24(38)46-22(16-42-18(2)35)23(45-19(3)36)29(27,47-20(4)37)44-15-21-10-7-6-8-11-21/h5-8,10-11,22-24,38H,1,9,12-17H2,2-4H3,(H,33,39)(H,34,40)/t22-,23-,24-,27+,29+/m1/s1. The van der Waals surface area contributed by atoms with Gasteiger partial charge in [-0.2, -0.15) is 0 Å². The third-order valence-electron chi connectivity index (χ3n) is 6.44. The van der Waals surface area contributed by atoms with Gasteiger partial charge in [-0.05, 0) is 18.4 Å². The molecule has 0 aliphatic carbocycles. The molecular weight excluding hydrogens is 691 g/mol. The van der Waals surface area contributed by atoms with Gasteiger partial charge in [-0.25, -0.2) is 9.59 Å². The number of amides is 2. The number of carbonyl (C=O) groups excluding carboxylic acids is 5. The summed E-state index contributed by atoms with van der Waals surface area (Å²) in [5, 5.41) is 16.6. The SMILES string of the molecule is C=CCOC(=O)NCCC[C@]1(NC(=O)OCC(Cl)(Cl)Cl)[C@H](O)O[C@H](COC(C)=O)[C@@H](OC(C)=O)[C@]1(OCc1ccccc1)OC(C)=O. The van der Waals surface area contributed by atoms with Crippen molar-refractivity contribution in [2.45, 2.75) is 73.8 Å². The molecule has 1 aliphatic heterocycles. The highest BCUT2D eigenvalue weighted by Crippen LogP contribution is 2.46. The summed E-state index contributed by atoms with van der Waals surface area (Å²) in [5.41, 5.74) is -1.87. The molecule has 2 amide bonds. The number of nitrogens with one attached hydrogen (secondary N) is 2. The maximum Gasteiger partial charge on any atom is 0.408 e. The second kappa shape index (κ2) is 18.3. The maximum atomic E-state index is 13.3. The molecule has 1 aromatic rings. The Morgan fingerprint density at radius 3 is 2.26 bits per heavy atom. The van der Waals surface area contributed by atoms with Crippen molar-refractivity contribution in [3.63, 3.8) is 0 Å². The Morgan fingerprint density at radius 1 is 1.00 bits per heavy atom. The lowest BCUT2D eigenvalue weighted by Crippen LogP contribution is -2.82. The molecule has 1 heterocycles.